The number of nitrogens with two attached hydrogens (primary N) is 2. The number of aliphatic imine (C=N–C) groups is 1. The molecule has 0 fully saturated rings. The summed E-state index contributed by atoms with van der Waals surface area (Å²) in [6.07, 6.45) is 0. The van der Waals surface area contributed by atoms with Gasteiger partial charge in [0.05, 0.1) is 5.75 Å². The first kappa shape index (κ1) is 12.8. The van der Waals surface area contributed by atoms with E-state index in [1.807, 2.05) is 6.92 Å². The number of thioether (sulfide) groups is 1. The Morgan fingerprint density at radius 3 is 2.57 bits per heavy atom. The maximum absolute atomic E-state index is 11.3. The van der Waals surface area contributed by atoms with E-state index < -0.39 is 0 Å². The topological polar surface area (TPSA) is 109 Å². The Morgan fingerprint density at radius 2 is 2.14 bits per heavy atom. The van der Waals surface area contributed by atoms with Crippen LogP contribution in [0.25, 0.3) is 0 Å². The minimum Gasteiger partial charge on any atom is -0.370 e. The van der Waals surface area contributed by atoms with Crippen molar-refractivity contribution in [1.29, 1.82) is 5.41 Å². The molecule has 6 nitrogen and oxygen atoms in total. The summed E-state index contributed by atoms with van der Waals surface area (Å²) in [4.78, 5) is 16.3. The van der Waals surface area contributed by atoms with Gasteiger partial charge in [-0.25, -0.2) is 0 Å². The molecule has 0 aromatic heterocycles. The van der Waals surface area contributed by atoms with E-state index in [0.717, 1.165) is 11.8 Å². The van der Waals surface area contributed by atoms with Crippen LogP contribution in [-0.2, 0) is 4.79 Å². The number of amidine groups is 1. The first-order chi connectivity index (χ1) is 6.47. The Hall–Kier alpha value is -1.24. The third-order valence-electron chi connectivity index (χ3n) is 1.46. The Balaban J connectivity index is 3.89. The molecule has 0 saturated heterocycles. The van der Waals surface area contributed by atoms with Crippen LogP contribution in [0.4, 0.5) is 0 Å². The molecule has 0 aliphatic heterocycles. The molecule has 5 N–H and O–H groups in total. The lowest BCUT2D eigenvalue weighted by atomic mass is 10.5. The molecule has 1 amide bonds. The van der Waals surface area contributed by atoms with Crippen molar-refractivity contribution in [2.45, 2.75) is 6.92 Å². The molecule has 0 aliphatic rings. The normalized spacial score (nSPS) is 9.29. The number of hydrogen-bond donors (Lipinski definition) is 3. The monoisotopic (exact) mass is 217 g/mol. The highest BCUT2D eigenvalue weighted by atomic mass is 32.2. The van der Waals surface area contributed by atoms with Crippen molar-refractivity contribution in [3.8, 4) is 0 Å². The molecule has 0 saturated carbocycles. The van der Waals surface area contributed by atoms with Gasteiger partial charge >= 0.3 is 0 Å². The summed E-state index contributed by atoms with van der Waals surface area (Å²) in [5, 5.41) is 7.20. The van der Waals surface area contributed by atoms with Crippen molar-refractivity contribution in [3.63, 3.8) is 0 Å². The molecule has 0 aromatic carbocycles. The van der Waals surface area contributed by atoms with Crippen LogP contribution in [0, 0.1) is 5.41 Å². The molecule has 0 aliphatic carbocycles. The average molecular weight is 217 g/mol. The van der Waals surface area contributed by atoms with Crippen LogP contribution in [-0.4, -0.2) is 41.3 Å². The number of nitrogens with zero attached hydrogens (tertiary/aromatic N) is 2. The highest BCUT2D eigenvalue weighted by Crippen LogP contribution is 2.04. The van der Waals surface area contributed by atoms with Crippen molar-refractivity contribution in [3.05, 3.63) is 0 Å². The molecule has 14 heavy (non-hydrogen) atoms. The summed E-state index contributed by atoms with van der Waals surface area (Å²) in [5.74, 6) is -0.0354. The van der Waals surface area contributed by atoms with Crippen LogP contribution < -0.4 is 11.5 Å². The van der Waals surface area contributed by atoms with Gasteiger partial charge in [-0.1, -0.05) is 11.8 Å². The molecule has 0 heterocycles. The van der Waals surface area contributed by atoms with E-state index in [4.69, 9.17) is 16.9 Å². The molecular formula is C7H15N5OS. The Labute approximate surface area is 87.2 Å². The number of nitrogens with one attached hydrogen (secondary N) is 1. The molecule has 0 aromatic rings. The first-order valence-corrected chi connectivity index (χ1v) is 5.00. The predicted molar refractivity (Wildman–Crippen MR) is 59.3 cm³/mol. The van der Waals surface area contributed by atoms with Crippen molar-refractivity contribution < 1.29 is 4.79 Å². The van der Waals surface area contributed by atoms with Crippen molar-refractivity contribution >= 4 is 28.8 Å². The Kier molecular flexibility index (Phi) is 5.70. The van der Waals surface area contributed by atoms with E-state index in [0.29, 0.717) is 6.54 Å². The van der Waals surface area contributed by atoms with Crippen molar-refractivity contribution in [2.75, 3.05) is 19.3 Å². The van der Waals surface area contributed by atoms with Gasteiger partial charge in [0, 0.05) is 13.6 Å². The van der Waals surface area contributed by atoms with Gasteiger partial charge in [-0.2, -0.15) is 4.99 Å². The van der Waals surface area contributed by atoms with Gasteiger partial charge < -0.3 is 16.4 Å². The molecule has 0 unspecified atom stereocenters. The van der Waals surface area contributed by atoms with Crippen LogP contribution in [0.2, 0.25) is 0 Å². The molecule has 0 bridgehead atoms. The second kappa shape index (κ2) is 6.25. The highest BCUT2D eigenvalue weighted by molar-refractivity contribution is 8.14. The van der Waals surface area contributed by atoms with Gasteiger partial charge in [-0.15, -0.1) is 0 Å². The van der Waals surface area contributed by atoms with E-state index in [2.05, 4.69) is 4.99 Å². The highest BCUT2D eigenvalue weighted by Gasteiger charge is 2.07. The van der Waals surface area contributed by atoms with Crippen LogP contribution in [0.1, 0.15) is 6.92 Å². The number of guanidine groups is 1. The number of hydrogen-bond acceptors (Lipinski definition) is 3. The number of amides is 1. The third kappa shape index (κ3) is 5.41. The molecule has 0 atom stereocenters. The van der Waals surface area contributed by atoms with Gasteiger partial charge in [0.15, 0.2) is 11.1 Å². The van der Waals surface area contributed by atoms with E-state index in [1.165, 1.54) is 0 Å². The SMILES string of the molecule is CCN(C)C(=O)CSC(=N)N=C(N)N. The van der Waals surface area contributed by atoms with Crippen LogP contribution in [0.5, 0.6) is 0 Å². The standard InChI is InChI=1S/C7H15N5OS/c1-3-12(2)5(13)4-14-7(10)11-6(8)9/h3-4H2,1-2H3,(H5,8,9,10,11). The average Bonchev–Trinajstić information content (AvgIpc) is 2.11. The molecular weight excluding hydrogens is 202 g/mol. The van der Waals surface area contributed by atoms with Crippen LogP contribution >= 0.6 is 11.8 Å². The van der Waals surface area contributed by atoms with Gasteiger partial charge in [-0.3, -0.25) is 10.2 Å². The lowest BCUT2D eigenvalue weighted by molar-refractivity contribution is -0.126. The number of carbonyl (C=O) groups is 1. The lowest BCUT2D eigenvalue weighted by Gasteiger charge is -2.13. The lowest BCUT2D eigenvalue weighted by Crippen LogP contribution is -2.28. The Bertz CT molecular complexity index is 248. The maximum atomic E-state index is 11.3. The predicted octanol–water partition coefficient (Wildman–Crippen LogP) is -0.594. The fourth-order valence-corrected chi connectivity index (χ4v) is 1.22. The quantitative estimate of drug-likeness (QED) is 0.433. The van der Waals surface area contributed by atoms with E-state index in [-0.39, 0.29) is 22.8 Å². The minimum atomic E-state index is -0.168. The third-order valence-corrected chi connectivity index (χ3v) is 2.22. The van der Waals surface area contributed by atoms with E-state index in [1.54, 1.807) is 11.9 Å². The maximum Gasteiger partial charge on any atom is 0.232 e. The second-order valence-electron chi connectivity index (χ2n) is 2.54. The summed E-state index contributed by atoms with van der Waals surface area (Å²) in [6.45, 7) is 2.53. The minimum absolute atomic E-state index is 0.0481. The van der Waals surface area contributed by atoms with Gasteiger partial charge in [0.1, 0.15) is 0 Å². The number of rotatable bonds is 3. The Morgan fingerprint density at radius 1 is 1.57 bits per heavy atom. The zero-order chi connectivity index (χ0) is 11.1. The molecule has 80 valence electrons. The first-order valence-electron chi connectivity index (χ1n) is 4.02. The van der Waals surface area contributed by atoms with Gasteiger partial charge in [0.25, 0.3) is 0 Å². The van der Waals surface area contributed by atoms with E-state index >= 15 is 0 Å². The smallest absolute Gasteiger partial charge is 0.232 e. The second-order valence-corrected chi connectivity index (χ2v) is 3.50. The fourth-order valence-electron chi connectivity index (χ4n) is 0.566. The summed E-state index contributed by atoms with van der Waals surface area (Å²) >= 11 is 1.00. The summed E-state index contributed by atoms with van der Waals surface area (Å²) in [7, 11) is 1.70. The fraction of sp³-hybridized carbons (Fsp3) is 0.571. The van der Waals surface area contributed by atoms with Crippen LogP contribution in [0.15, 0.2) is 4.99 Å². The van der Waals surface area contributed by atoms with Gasteiger partial charge in [-0.05, 0) is 6.92 Å². The molecule has 7 heteroatoms. The number of carbonyl (C=O) groups excluding carboxylic acids is 1. The van der Waals surface area contributed by atoms with E-state index in [9.17, 15) is 4.79 Å². The van der Waals surface area contributed by atoms with Crippen LogP contribution in [0.3, 0.4) is 0 Å². The van der Waals surface area contributed by atoms with Crippen molar-refractivity contribution in [2.24, 2.45) is 16.5 Å². The largest absolute Gasteiger partial charge is 0.370 e. The summed E-state index contributed by atoms with van der Waals surface area (Å²) < 4.78 is 0. The summed E-state index contributed by atoms with van der Waals surface area (Å²) in [6, 6.07) is 0. The summed E-state index contributed by atoms with van der Waals surface area (Å²) in [5.41, 5.74) is 10.1. The zero-order valence-electron chi connectivity index (χ0n) is 8.28. The molecule has 0 radical (unpaired) electrons. The van der Waals surface area contributed by atoms with Crippen molar-refractivity contribution in [1.82, 2.24) is 4.90 Å². The zero-order valence-corrected chi connectivity index (χ0v) is 9.10. The molecule has 0 spiro atoms. The molecule has 0 rings (SSSR count). The van der Waals surface area contributed by atoms with Gasteiger partial charge in [0.2, 0.25) is 5.91 Å².